The highest BCUT2D eigenvalue weighted by Crippen LogP contribution is 2.24. The molecule has 0 aromatic carbocycles. The molecule has 1 heterocycles. The summed E-state index contributed by atoms with van der Waals surface area (Å²) in [6.45, 7) is 11.4. The molecule has 0 amide bonds. The smallest absolute Gasteiger partial charge is 0.0474 e. The Morgan fingerprint density at radius 1 is 1.41 bits per heavy atom. The van der Waals surface area contributed by atoms with Gasteiger partial charge in [0.2, 0.25) is 0 Å². The van der Waals surface area contributed by atoms with E-state index in [0.717, 1.165) is 38.1 Å². The lowest BCUT2D eigenvalue weighted by molar-refractivity contribution is 0.0749. The number of piperidine rings is 1. The minimum absolute atomic E-state index is 0.648. The van der Waals surface area contributed by atoms with Crippen molar-refractivity contribution < 1.29 is 4.74 Å². The van der Waals surface area contributed by atoms with E-state index in [2.05, 4.69) is 31.0 Å². The van der Waals surface area contributed by atoms with Crippen LogP contribution in [-0.4, -0.2) is 50.3 Å². The number of nitrogens with one attached hydrogen (secondary N) is 1. The van der Waals surface area contributed by atoms with Crippen LogP contribution in [0.25, 0.3) is 0 Å². The van der Waals surface area contributed by atoms with E-state index in [0.29, 0.717) is 6.04 Å². The summed E-state index contributed by atoms with van der Waals surface area (Å²) in [5, 5.41) is 3.53. The first-order chi connectivity index (χ1) is 8.16. The van der Waals surface area contributed by atoms with Gasteiger partial charge in [-0.15, -0.1) is 0 Å². The molecule has 0 spiro atoms. The average molecular weight is 242 g/mol. The van der Waals surface area contributed by atoms with Gasteiger partial charge in [0, 0.05) is 32.3 Å². The predicted octanol–water partition coefficient (Wildman–Crippen LogP) is 2.12. The summed E-state index contributed by atoms with van der Waals surface area (Å²) in [7, 11) is 1.76. The van der Waals surface area contributed by atoms with Gasteiger partial charge in [0.15, 0.2) is 0 Å². The maximum absolute atomic E-state index is 5.05. The number of hydrogen-bond acceptors (Lipinski definition) is 3. The van der Waals surface area contributed by atoms with Crippen LogP contribution < -0.4 is 5.32 Å². The fraction of sp³-hybridized carbons (Fsp3) is 1.00. The standard InChI is InChI=1S/C14H30N2O/c1-12-7-5-9-16(14(12)3)13(2)11-15-8-6-10-17-4/h12-15H,5-11H2,1-4H3. The molecular formula is C14H30N2O. The molecule has 0 radical (unpaired) electrons. The largest absolute Gasteiger partial charge is 0.385 e. The number of nitrogens with zero attached hydrogens (tertiary/aromatic N) is 1. The van der Waals surface area contributed by atoms with Gasteiger partial charge in [-0.2, -0.15) is 0 Å². The van der Waals surface area contributed by atoms with Gasteiger partial charge in [-0.05, 0) is 52.1 Å². The Kier molecular flexibility index (Phi) is 7.09. The number of likely N-dealkylation sites (tertiary alicyclic amines) is 1. The summed E-state index contributed by atoms with van der Waals surface area (Å²) >= 11 is 0. The summed E-state index contributed by atoms with van der Waals surface area (Å²) < 4.78 is 5.05. The molecule has 0 saturated carbocycles. The molecule has 3 nitrogen and oxygen atoms in total. The van der Waals surface area contributed by atoms with Crippen molar-refractivity contribution in [2.24, 2.45) is 5.92 Å². The zero-order valence-corrected chi connectivity index (χ0v) is 12.0. The van der Waals surface area contributed by atoms with Crippen molar-refractivity contribution in [2.75, 3.05) is 33.4 Å². The molecule has 1 rings (SSSR count). The molecule has 0 aromatic heterocycles. The first kappa shape index (κ1) is 14.9. The molecule has 17 heavy (non-hydrogen) atoms. The first-order valence-electron chi connectivity index (χ1n) is 7.12. The highest BCUT2D eigenvalue weighted by Gasteiger charge is 2.27. The highest BCUT2D eigenvalue weighted by molar-refractivity contribution is 4.82. The Bertz CT molecular complexity index is 199. The van der Waals surface area contributed by atoms with Gasteiger partial charge in [0.1, 0.15) is 0 Å². The van der Waals surface area contributed by atoms with E-state index in [-0.39, 0.29) is 0 Å². The maximum atomic E-state index is 5.05. The molecule has 1 saturated heterocycles. The van der Waals surface area contributed by atoms with Gasteiger partial charge in [-0.25, -0.2) is 0 Å². The van der Waals surface area contributed by atoms with Crippen molar-refractivity contribution in [1.82, 2.24) is 10.2 Å². The van der Waals surface area contributed by atoms with Crippen LogP contribution in [0.1, 0.15) is 40.0 Å². The number of hydrogen-bond donors (Lipinski definition) is 1. The lowest BCUT2D eigenvalue weighted by atomic mass is 9.91. The minimum atomic E-state index is 0.648. The molecule has 0 aliphatic carbocycles. The summed E-state index contributed by atoms with van der Waals surface area (Å²) in [6, 6.07) is 1.38. The topological polar surface area (TPSA) is 24.5 Å². The molecular weight excluding hydrogens is 212 g/mol. The van der Waals surface area contributed by atoms with Crippen LogP contribution in [0.2, 0.25) is 0 Å². The lowest BCUT2D eigenvalue weighted by Crippen LogP contribution is -2.50. The maximum Gasteiger partial charge on any atom is 0.0474 e. The Balaban J connectivity index is 2.19. The van der Waals surface area contributed by atoms with Gasteiger partial charge in [0.05, 0.1) is 0 Å². The van der Waals surface area contributed by atoms with E-state index in [9.17, 15) is 0 Å². The summed E-state index contributed by atoms with van der Waals surface area (Å²) in [5.74, 6) is 0.847. The quantitative estimate of drug-likeness (QED) is 0.692. The van der Waals surface area contributed by atoms with E-state index in [4.69, 9.17) is 4.74 Å². The third-order valence-corrected chi connectivity index (χ3v) is 4.13. The summed E-state index contributed by atoms with van der Waals surface area (Å²) in [6.07, 6.45) is 3.86. The summed E-state index contributed by atoms with van der Waals surface area (Å²) in [5.41, 5.74) is 0. The van der Waals surface area contributed by atoms with E-state index in [1.54, 1.807) is 7.11 Å². The number of methoxy groups -OCH3 is 1. The van der Waals surface area contributed by atoms with Crippen LogP contribution in [0.3, 0.4) is 0 Å². The molecule has 1 aliphatic heterocycles. The first-order valence-corrected chi connectivity index (χ1v) is 7.12. The van der Waals surface area contributed by atoms with Crippen molar-refractivity contribution in [3.8, 4) is 0 Å². The molecule has 0 aromatic rings. The van der Waals surface area contributed by atoms with Crippen molar-refractivity contribution in [3.63, 3.8) is 0 Å². The third kappa shape index (κ3) is 4.94. The van der Waals surface area contributed by atoms with E-state index in [1.807, 2.05) is 0 Å². The normalized spacial score (nSPS) is 28.2. The molecule has 102 valence electrons. The van der Waals surface area contributed by atoms with Crippen molar-refractivity contribution in [1.29, 1.82) is 0 Å². The van der Waals surface area contributed by atoms with Gasteiger partial charge in [-0.3, -0.25) is 4.90 Å². The fourth-order valence-corrected chi connectivity index (χ4v) is 2.76. The average Bonchev–Trinajstić information content (AvgIpc) is 2.32. The molecule has 1 fully saturated rings. The fourth-order valence-electron chi connectivity index (χ4n) is 2.76. The van der Waals surface area contributed by atoms with Gasteiger partial charge in [0.25, 0.3) is 0 Å². The minimum Gasteiger partial charge on any atom is -0.385 e. The van der Waals surface area contributed by atoms with Crippen LogP contribution in [0.15, 0.2) is 0 Å². The molecule has 3 heteroatoms. The molecule has 3 atom stereocenters. The zero-order valence-electron chi connectivity index (χ0n) is 12.0. The van der Waals surface area contributed by atoms with Crippen LogP contribution >= 0.6 is 0 Å². The Morgan fingerprint density at radius 3 is 2.88 bits per heavy atom. The second-order valence-corrected chi connectivity index (χ2v) is 5.50. The van der Waals surface area contributed by atoms with Crippen LogP contribution in [0, 0.1) is 5.92 Å². The van der Waals surface area contributed by atoms with Gasteiger partial charge in [-0.1, -0.05) is 6.92 Å². The molecule has 0 bridgehead atoms. The SMILES string of the molecule is COCCCNCC(C)N1CCCC(C)C1C. The Hall–Kier alpha value is -0.120. The van der Waals surface area contributed by atoms with Crippen LogP contribution in [-0.2, 0) is 4.74 Å². The van der Waals surface area contributed by atoms with Crippen molar-refractivity contribution >= 4 is 0 Å². The third-order valence-electron chi connectivity index (χ3n) is 4.13. The van der Waals surface area contributed by atoms with E-state index < -0.39 is 0 Å². The second kappa shape index (κ2) is 8.06. The van der Waals surface area contributed by atoms with E-state index >= 15 is 0 Å². The number of ether oxygens (including phenoxy) is 1. The second-order valence-electron chi connectivity index (χ2n) is 5.50. The Morgan fingerprint density at radius 2 is 2.18 bits per heavy atom. The van der Waals surface area contributed by atoms with Crippen molar-refractivity contribution in [2.45, 2.75) is 52.1 Å². The molecule has 1 aliphatic rings. The molecule has 3 unspecified atom stereocenters. The summed E-state index contributed by atoms with van der Waals surface area (Å²) in [4.78, 5) is 2.66. The van der Waals surface area contributed by atoms with Crippen LogP contribution in [0.5, 0.6) is 0 Å². The van der Waals surface area contributed by atoms with Crippen molar-refractivity contribution in [3.05, 3.63) is 0 Å². The van der Waals surface area contributed by atoms with Crippen LogP contribution in [0.4, 0.5) is 0 Å². The Labute approximate surface area is 107 Å². The predicted molar refractivity (Wildman–Crippen MR) is 73.4 cm³/mol. The number of rotatable bonds is 7. The monoisotopic (exact) mass is 242 g/mol. The zero-order chi connectivity index (χ0) is 12.7. The highest BCUT2D eigenvalue weighted by atomic mass is 16.5. The van der Waals surface area contributed by atoms with E-state index in [1.165, 1.54) is 19.4 Å². The van der Waals surface area contributed by atoms with Gasteiger partial charge >= 0.3 is 0 Å². The lowest BCUT2D eigenvalue weighted by Gasteiger charge is -2.41. The van der Waals surface area contributed by atoms with Gasteiger partial charge < -0.3 is 10.1 Å². The molecule has 1 N–H and O–H groups in total.